The van der Waals surface area contributed by atoms with E-state index in [1.165, 1.54) is 27.8 Å². The number of rotatable bonds is 4. The molecule has 0 saturated carbocycles. The summed E-state index contributed by atoms with van der Waals surface area (Å²) in [6.45, 7) is 4.45. The van der Waals surface area contributed by atoms with Crippen LogP contribution in [0.25, 0.3) is 5.57 Å². The maximum Gasteiger partial charge on any atom is 0.0701 e. The fourth-order valence-electron chi connectivity index (χ4n) is 3.14. The maximum atomic E-state index is 3.58. The van der Waals surface area contributed by atoms with Crippen LogP contribution in [0, 0.1) is 0 Å². The van der Waals surface area contributed by atoms with Crippen LogP contribution in [-0.4, -0.2) is 0 Å². The molecular formula is C21H23N. The SMILES string of the molecule is CCC1=CC(c2ccccc2CC)NC=C1c1ccccc1. The van der Waals surface area contributed by atoms with Crippen molar-refractivity contribution in [2.24, 2.45) is 0 Å². The predicted molar refractivity (Wildman–Crippen MR) is 94.5 cm³/mol. The summed E-state index contributed by atoms with van der Waals surface area (Å²) < 4.78 is 0. The summed E-state index contributed by atoms with van der Waals surface area (Å²) in [6, 6.07) is 19.6. The molecular weight excluding hydrogens is 266 g/mol. The third-order valence-corrected chi connectivity index (χ3v) is 4.36. The van der Waals surface area contributed by atoms with Crippen LogP contribution in [0.5, 0.6) is 0 Å². The Morgan fingerprint density at radius 3 is 2.32 bits per heavy atom. The van der Waals surface area contributed by atoms with Gasteiger partial charge in [0.15, 0.2) is 0 Å². The van der Waals surface area contributed by atoms with E-state index in [2.05, 4.69) is 86.0 Å². The second-order valence-corrected chi connectivity index (χ2v) is 5.67. The van der Waals surface area contributed by atoms with Gasteiger partial charge in [-0.1, -0.05) is 74.5 Å². The van der Waals surface area contributed by atoms with Gasteiger partial charge in [-0.3, -0.25) is 0 Å². The summed E-state index contributed by atoms with van der Waals surface area (Å²) >= 11 is 0. The molecule has 0 fully saturated rings. The fourth-order valence-corrected chi connectivity index (χ4v) is 3.14. The number of benzene rings is 2. The molecule has 1 N–H and O–H groups in total. The van der Waals surface area contributed by atoms with Crippen LogP contribution < -0.4 is 5.32 Å². The van der Waals surface area contributed by atoms with Gasteiger partial charge in [0.05, 0.1) is 6.04 Å². The lowest BCUT2D eigenvalue weighted by molar-refractivity contribution is 0.728. The second kappa shape index (κ2) is 6.65. The Labute approximate surface area is 133 Å². The van der Waals surface area contributed by atoms with Crippen molar-refractivity contribution in [2.45, 2.75) is 32.7 Å². The zero-order valence-corrected chi connectivity index (χ0v) is 13.3. The largest absolute Gasteiger partial charge is 0.380 e. The Hall–Kier alpha value is -2.28. The van der Waals surface area contributed by atoms with Crippen LogP contribution in [0.15, 0.2) is 72.4 Å². The van der Waals surface area contributed by atoms with Gasteiger partial charge >= 0.3 is 0 Å². The van der Waals surface area contributed by atoms with Gasteiger partial charge in [-0.15, -0.1) is 0 Å². The first-order chi connectivity index (χ1) is 10.8. The lowest BCUT2D eigenvalue weighted by atomic mass is 9.89. The molecule has 1 heteroatoms. The quantitative estimate of drug-likeness (QED) is 0.808. The lowest BCUT2D eigenvalue weighted by Gasteiger charge is -2.25. The van der Waals surface area contributed by atoms with Crippen molar-refractivity contribution < 1.29 is 0 Å². The monoisotopic (exact) mass is 289 g/mol. The molecule has 1 atom stereocenters. The van der Waals surface area contributed by atoms with E-state index in [1.807, 2.05) is 0 Å². The van der Waals surface area contributed by atoms with Gasteiger partial charge in [0.2, 0.25) is 0 Å². The molecule has 1 unspecified atom stereocenters. The Bertz CT molecular complexity index is 695. The van der Waals surface area contributed by atoms with E-state index in [9.17, 15) is 0 Å². The van der Waals surface area contributed by atoms with Crippen molar-refractivity contribution in [3.63, 3.8) is 0 Å². The van der Waals surface area contributed by atoms with E-state index in [0.717, 1.165) is 12.8 Å². The zero-order chi connectivity index (χ0) is 15.4. The van der Waals surface area contributed by atoms with Gasteiger partial charge in [-0.05, 0) is 35.1 Å². The van der Waals surface area contributed by atoms with E-state index in [0.29, 0.717) is 0 Å². The number of dihydropyridines is 1. The molecule has 0 amide bonds. The fraction of sp³-hybridized carbons (Fsp3) is 0.238. The summed E-state index contributed by atoms with van der Waals surface area (Å²) in [5.41, 5.74) is 6.82. The van der Waals surface area contributed by atoms with Gasteiger partial charge in [0.25, 0.3) is 0 Å². The maximum absolute atomic E-state index is 3.58. The molecule has 1 aliphatic rings. The number of aryl methyl sites for hydroxylation is 1. The van der Waals surface area contributed by atoms with E-state index in [1.54, 1.807) is 0 Å². The van der Waals surface area contributed by atoms with Crippen molar-refractivity contribution in [1.29, 1.82) is 0 Å². The minimum absolute atomic E-state index is 0.276. The normalized spacial score (nSPS) is 17.5. The highest BCUT2D eigenvalue weighted by atomic mass is 14.9. The van der Waals surface area contributed by atoms with Gasteiger partial charge < -0.3 is 5.32 Å². The zero-order valence-electron chi connectivity index (χ0n) is 13.3. The average Bonchev–Trinajstić information content (AvgIpc) is 2.62. The van der Waals surface area contributed by atoms with Crippen molar-refractivity contribution >= 4 is 5.57 Å². The first-order valence-corrected chi connectivity index (χ1v) is 8.14. The molecule has 0 spiro atoms. The molecule has 2 aromatic carbocycles. The van der Waals surface area contributed by atoms with E-state index >= 15 is 0 Å². The number of allylic oxidation sites excluding steroid dienone is 2. The second-order valence-electron chi connectivity index (χ2n) is 5.67. The first kappa shape index (κ1) is 14.6. The molecule has 1 aliphatic heterocycles. The minimum atomic E-state index is 0.276. The van der Waals surface area contributed by atoms with Gasteiger partial charge in [-0.25, -0.2) is 0 Å². The summed E-state index contributed by atoms with van der Waals surface area (Å²) in [4.78, 5) is 0. The van der Waals surface area contributed by atoms with Crippen LogP contribution in [0.2, 0.25) is 0 Å². The van der Waals surface area contributed by atoms with Crippen LogP contribution in [0.3, 0.4) is 0 Å². The Morgan fingerprint density at radius 1 is 0.864 bits per heavy atom. The predicted octanol–water partition coefficient (Wildman–Crippen LogP) is 5.27. The van der Waals surface area contributed by atoms with Crippen LogP contribution in [0.1, 0.15) is 43.0 Å². The third-order valence-electron chi connectivity index (χ3n) is 4.36. The van der Waals surface area contributed by atoms with Gasteiger partial charge in [-0.2, -0.15) is 0 Å². The van der Waals surface area contributed by atoms with Gasteiger partial charge in [0.1, 0.15) is 0 Å². The molecule has 0 aromatic heterocycles. The summed E-state index contributed by atoms with van der Waals surface area (Å²) in [5, 5.41) is 3.58. The average molecular weight is 289 g/mol. The summed E-state index contributed by atoms with van der Waals surface area (Å²) in [7, 11) is 0. The van der Waals surface area contributed by atoms with Crippen LogP contribution >= 0.6 is 0 Å². The van der Waals surface area contributed by atoms with Crippen molar-refractivity contribution in [1.82, 2.24) is 5.32 Å². The minimum Gasteiger partial charge on any atom is -0.380 e. The Kier molecular flexibility index (Phi) is 4.43. The summed E-state index contributed by atoms with van der Waals surface area (Å²) in [5.74, 6) is 0. The van der Waals surface area contributed by atoms with Crippen molar-refractivity contribution in [3.05, 3.63) is 89.1 Å². The molecule has 0 aliphatic carbocycles. The third kappa shape index (κ3) is 2.85. The molecule has 0 bridgehead atoms. The Morgan fingerprint density at radius 2 is 1.59 bits per heavy atom. The standard InChI is InChI=1S/C21H23N/c1-3-16-10-8-9-13-19(16)21-14-17(4-2)20(15-22-21)18-11-6-5-7-12-18/h5-15,21-22H,3-4H2,1-2H3. The molecule has 22 heavy (non-hydrogen) atoms. The summed E-state index contributed by atoms with van der Waals surface area (Å²) in [6.07, 6.45) is 6.69. The lowest BCUT2D eigenvalue weighted by Crippen LogP contribution is -2.20. The highest BCUT2D eigenvalue weighted by Gasteiger charge is 2.18. The number of hydrogen-bond acceptors (Lipinski definition) is 1. The van der Waals surface area contributed by atoms with Crippen molar-refractivity contribution in [2.75, 3.05) is 0 Å². The first-order valence-electron chi connectivity index (χ1n) is 8.14. The van der Waals surface area contributed by atoms with Gasteiger partial charge in [0, 0.05) is 11.8 Å². The molecule has 0 saturated heterocycles. The molecule has 0 radical (unpaired) electrons. The molecule has 112 valence electrons. The molecule has 1 nitrogen and oxygen atoms in total. The van der Waals surface area contributed by atoms with E-state index in [-0.39, 0.29) is 6.04 Å². The highest BCUT2D eigenvalue weighted by molar-refractivity contribution is 5.80. The molecule has 3 rings (SSSR count). The van der Waals surface area contributed by atoms with Crippen LogP contribution in [-0.2, 0) is 6.42 Å². The number of hydrogen-bond donors (Lipinski definition) is 1. The molecule has 1 heterocycles. The highest BCUT2D eigenvalue weighted by Crippen LogP contribution is 2.32. The Balaban J connectivity index is 1.94. The van der Waals surface area contributed by atoms with Crippen LogP contribution in [0.4, 0.5) is 0 Å². The number of nitrogens with one attached hydrogen (secondary N) is 1. The van der Waals surface area contributed by atoms with E-state index in [4.69, 9.17) is 0 Å². The van der Waals surface area contributed by atoms with E-state index < -0.39 is 0 Å². The van der Waals surface area contributed by atoms with Crippen molar-refractivity contribution in [3.8, 4) is 0 Å². The smallest absolute Gasteiger partial charge is 0.0701 e. The topological polar surface area (TPSA) is 12.0 Å². The molecule has 2 aromatic rings.